The molecule has 0 spiro atoms. The van der Waals surface area contributed by atoms with Crippen molar-refractivity contribution in [3.63, 3.8) is 0 Å². The summed E-state index contributed by atoms with van der Waals surface area (Å²) in [5.74, 6) is -0.315. The molecule has 0 amide bonds. The van der Waals surface area contributed by atoms with Gasteiger partial charge in [0.1, 0.15) is 0 Å². The summed E-state index contributed by atoms with van der Waals surface area (Å²) in [6.45, 7) is 13.5. The molecule has 1 aliphatic heterocycles. The lowest BCUT2D eigenvalue weighted by Crippen LogP contribution is -2.26. The van der Waals surface area contributed by atoms with E-state index in [1.807, 2.05) is 24.3 Å². The maximum atomic E-state index is 13.9. The molecule has 0 N–H and O–H groups in total. The van der Waals surface area contributed by atoms with Crippen LogP contribution in [0.5, 0.6) is 0 Å². The number of nitrogens with zero attached hydrogens (tertiary/aromatic N) is 3. The molecule has 5 nitrogen and oxygen atoms in total. The van der Waals surface area contributed by atoms with E-state index in [4.69, 9.17) is 4.74 Å². The van der Waals surface area contributed by atoms with Crippen molar-refractivity contribution in [3.05, 3.63) is 173 Å². The SMILES string of the molecule is CCN(c1ccccc1)c1ccc(C2(C=C(c3c(C)n(CC)c4ccccc34)c3c(C)n(CC)c4ccccc34)OC(=O)c3ccccc32)cc1. The van der Waals surface area contributed by atoms with Gasteiger partial charge in [-0.25, -0.2) is 4.79 Å². The summed E-state index contributed by atoms with van der Waals surface area (Å²) in [5.41, 5.74) is 11.5. The first-order valence-electron chi connectivity index (χ1n) is 18.1. The number of aryl methyl sites for hydroxylation is 2. The Hall–Kier alpha value is -5.81. The van der Waals surface area contributed by atoms with Crippen LogP contribution < -0.4 is 4.90 Å². The van der Waals surface area contributed by atoms with Crippen LogP contribution in [0.1, 0.15) is 64.8 Å². The monoisotopic (exact) mass is 669 g/mol. The predicted octanol–water partition coefficient (Wildman–Crippen LogP) is 11.0. The summed E-state index contributed by atoms with van der Waals surface area (Å²) in [7, 11) is 0. The van der Waals surface area contributed by atoms with Gasteiger partial charge in [0, 0.05) is 86.5 Å². The van der Waals surface area contributed by atoms with Gasteiger partial charge < -0.3 is 18.8 Å². The molecule has 8 rings (SSSR count). The van der Waals surface area contributed by atoms with Crippen molar-refractivity contribution in [1.29, 1.82) is 0 Å². The molecule has 0 saturated heterocycles. The highest BCUT2D eigenvalue weighted by Gasteiger charge is 2.46. The molecule has 0 fully saturated rings. The number of anilines is 2. The highest BCUT2D eigenvalue weighted by molar-refractivity contribution is 6.07. The van der Waals surface area contributed by atoms with Crippen molar-refractivity contribution in [1.82, 2.24) is 9.13 Å². The fraction of sp³-hybridized carbons (Fsp3) is 0.196. The molecular weight excluding hydrogens is 627 g/mol. The Bertz CT molecular complexity index is 2360. The zero-order valence-corrected chi connectivity index (χ0v) is 30.0. The molecule has 1 aliphatic rings. The van der Waals surface area contributed by atoms with Gasteiger partial charge in [0.2, 0.25) is 0 Å². The molecular formula is C46H43N3O2. The number of carbonyl (C=O) groups is 1. The highest BCUT2D eigenvalue weighted by atomic mass is 16.6. The van der Waals surface area contributed by atoms with Gasteiger partial charge in [-0.1, -0.05) is 84.9 Å². The topological polar surface area (TPSA) is 39.4 Å². The molecule has 7 aromatic rings. The van der Waals surface area contributed by atoms with E-state index in [9.17, 15) is 4.79 Å². The largest absolute Gasteiger partial charge is 0.441 e. The normalized spacial score (nSPS) is 15.3. The van der Waals surface area contributed by atoms with E-state index in [1.165, 1.54) is 33.2 Å². The van der Waals surface area contributed by atoms with Gasteiger partial charge in [-0.3, -0.25) is 0 Å². The molecule has 1 unspecified atom stereocenters. The van der Waals surface area contributed by atoms with Crippen LogP contribution in [0.4, 0.5) is 11.4 Å². The van der Waals surface area contributed by atoms with Crippen molar-refractivity contribution in [3.8, 4) is 0 Å². The number of aromatic nitrogens is 2. The summed E-state index contributed by atoms with van der Waals surface area (Å²) in [6, 6.07) is 44.2. The lowest BCUT2D eigenvalue weighted by molar-refractivity contribution is 0.0276. The van der Waals surface area contributed by atoms with Gasteiger partial charge >= 0.3 is 5.97 Å². The number of rotatable bonds is 9. The van der Waals surface area contributed by atoms with Gasteiger partial charge in [0.15, 0.2) is 5.60 Å². The van der Waals surface area contributed by atoms with E-state index in [0.29, 0.717) is 5.56 Å². The lowest BCUT2D eigenvalue weighted by atomic mass is 9.81. The Morgan fingerprint density at radius 1 is 0.647 bits per heavy atom. The summed E-state index contributed by atoms with van der Waals surface area (Å²) < 4.78 is 11.5. The van der Waals surface area contributed by atoms with Gasteiger partial charge in [0.25, 0.3) is 0 Å². The minimum Gasteiger partial charge on any atom is -0.441 e. The number of ether oxygens (including phenoxy) is 1. The van der Waals surface area contributed by atoms with E-state index in [0.717, 1.165) is 58.8 Å². The van der Waals surface area contributed by atoms with Crippen molar-refractivity contribution in [2.45, 2.75) is 53.3 Å². The predicted molar refractivity (Wildman–Crippen MR) is 210 cm³/mol. The van der Waals surface area contributed by atoms with Crippen LogP contribution >= 0.6 is 0 Å². The molecule has 1 atom stereocenters. The van der Waals surface area contributed by atoms with Crippen LogP contribution in [0.2, 0.25) is 0 Å². The molecule has 3 heterocycles. The molecule has 5 heteroatoms. The van der Waals surface area contributed by atoms with Crippen molar-refractivity contribution >= 4 is 44.7 Å². The lowest BCUT2D eigenvalue weighted by Gasteiger charge is -2.29. The summed E-state index contributed by atoms with van der Waals surface area (Å²) in [5, 5.41) is 2.36. The van der Waals surface area contributed by atoms with Crippen LogP contribution in [0, 0.1) is 13.8 Å². The zero-order valence-electron chi connectivity index (χ0n) is 30.0. The van der Waals surface area contributed by atoms with Crippen molar-refractivity contribution in [2.75, 3.05) is 11.4 Å². The minimum absolute atomic E-state index is 0.315. The fourth-order valence-electron chi connectivity index (χ4n) is 8.49. The van der Waals surface area contributed by atoms with Gasteiger partial charge in [-0.2, -0.15) is 0 Å². The van der Waals surface area contributed by atoms with E-state index >= 15 is 0 Å². The minimum atomic E-state index is -1.17. The number of carbonyl (C=O) groups excluding carboxylic acids is 1. The van der Waals surface area contributed by atoms with Crippen LogP contribution in [0.25, 0.3) is 27.4 Å². The summed E-state index contributed by atoms with van der Waals surface area (Å²) in [4.78, 5) is 16.2. The number of hydrogen-bond acceptors (Lipinski definition) is 3. The maximum Gasteiger partial charge on any atom is 0.340 e. The third-order valence-corrected chi connectivity index (χ3v) is 10.8. The summed E-state index contributed by atoms with van der Waals surface area (Å²) >= 11 is 0. The molecule has 51 heavy (non-hydrogen) atoms. The smallest absolute Gasteiger partial charge is 0.340 e. The first-order chi connectivity index (χ1) is 24.9. The average molecular weight is 670 g/mol. The second-order valence-corrected chi connectivity index (χ2v) is 13.3. The Morgan fingerprint density at radius 2 is 1.16 bits per heavy atom. The first-order valence-corrected chi connectivity index (χ1v) is 18.1. The number of para-hydroxylation sites is 3. The zero-order chi connectivity index (χ0) is 35.3. The Kier molecular flexibility index (Phi) is 8.14. The second kappa shape index (κ2) is 12.8. The average Bonchev–Trinajstić information content (AvgIpc) is 3.74. The number of esters is 1. The van der Waals surface area contributed by atoms with Crippen LogP contribution in [-0.2, 0) is 23.4 Å². The number of hydrogen-bond donors (Lipinski definition) is 0. The number of cyclic esters (lactones) is 1. The third kappa shape index (κ3) is 5.02. The second-order valence-electron chi connectivity index (χ2n) is 13.3. The molecule has 0 aliphatic carbocycles. The van der Waals surface area contributed by atoms with E-state index < -0.39 is 5.60 Å². The van der Waals surface area contributed by atoms with E-state index in [1.54, 1.807) is 0 Å². The number of fused-ring (bicyclic) bond motifs is 3. The molecule has 254 valence electrons. The van der Waals surface area contributed by atoms with Crippen LogP contribution in [0.15, 0.2) is 133 Å². The Morgan fingerprint density at radius 3 is 1.73 bits per heavy atom. The van der Waals surface area contributed by atoms with E-state index in [-0.39, 0.29) is 5.97 Å². The van der Waals surface area contributed by atoms with Crippen molar-refractivity contribution < 1.29 is 9.53 Å². The quantitative estimate of drug-likeness (QED) is 0.144. The molecule has 0 radical (unpaired) electrons. The summed E-state index contributed by atoms with van der Waals surface area (Å²) in [6.07, 6.45) is 2.25. The maximum absolute atomic E-state index is 13.9. The van der Waals surface area contributed by atoms with Gasteiger partial charge in [-0.05, 0) is 88.7 Å². The van der Waals surface area contributed by atoms with E-state index in [2.05, 4.69) is 158 Å². The Labute approximate surface area is 300 Å². The third-order valence-electron chi connectivity index (χ3n) is 10.8. The van der Waals surface area contributed by atoms with Crippen LogP contribution in [0.3, 0.4) is 0 Å². The number of benzene rings is 5. The molecule has 0 saturated carbocycles. The highest BCUT2D eigenvalue weighted by Crippen LogP contribution is 2.49. The fourth-order valence-corrected chi connectivity index (χ4v) is 8.49. The van der Waals surface area contributed by atoms with Gasteiger partial charge in [-0.15, -0.1) is 0 Å². The Balaban J connectivity index is 1.46. The van der Waals surface area contributed by atoms with Gasteiger partial charge in [0.05, 0.1) is 5.56 Å². The van der Waals surface area contributed by atoms with Crippen LogP contribution in [-0.4, -0.2) is 21.6 Å². The first kappa shape index (κ1) is 32.4. The van der Waals surface area contributed by atoms with Crippen molar-refractivity contribution in [2.24, 2.45) is 0 Å². The molecule has 5 aromatic carbocycles. The molecule has 2 aromatic heterocycles. The standard InChI is InChI=1S/C46H43N3O2/c1-6-47-31(4)43(37-21-13-16-24-41(37)47)39(44-32(5)48(7-2)42-25-17-14-22-38(42)44)30-46(40-23-15-12-20-36(40)45(50)51-46)33-26-28-35(29-27-33)49(8-3)34-18-10-9-11-19-34/h9-30H,6-8H2,1-5H3. The molecule has 0 bridgehead atoms.